The van der Waals surface area contributed by atoms with Gasteiger partial charge in [0.05, 0.1) is 0 Å². The summed E-state index contributed by atoms with van der Waals surface area (Å²) in [5, 5.41) is 0. The minimum absolute atomic E-state index is 0.817. The highest BCUT2D eigenvalue weighted by Gasteiger charge is 2.09. The van der Waals surface area contributed by atoms with E-state index in [1.54, 1.807) is 0 Å². The predicted octanol–water partition coefficient (Wildman–Crippen LogP) is 5.04. The Morgan fingerprint density at radius 3 is 2.67 bits per heavy atom. The van der Waals surface area contributed by atoms with Crippen molar-refractivity contribution in [3.05, 3.63) is 40.4 Å². The Hall–Kier alpha value is -0.560. The lowest BCUT2D eigenvalue weighted by molar-refractivity contribution is 0.420. The molecule has 0 bridgehead atoms. The summed E-state index contributed by atoms with van der Waals surface area (Å²) in [6, 6.07) is 8.48. The second-order valence-corrected chi connectivity index (χ2v) is 5.23. The van der Waals surface area contributed by atoms with Crippen molar-refractivity contribution >= 4 is 22.0 Å². The van der Waals surface area contributed by atoms with Gasteiger partial charge in [0.1, 0.15) is 0 Å². The van der Waals surface area contributed by atoms with Crippen molar-refractivity contribution in [3.8, 4) is 0 Å². The predicted molar refractivity (Wildman–Crippen MR) is 69.8 cm³/mol. The monoisotopic (exact) mass is 264 g/mol. The summed E-state index contributed by atoms with van der Waals surface area (Å²) in [5.74, 6) is 0.817. The molecule has 15 heavy (non-hydrogen) atoms. The summed E-state index contributed by atoms with van der Waals surface area (Å²) in [7, 11) is 0. The molecule has 0 aromatic heterocycles. The van der Waals surface area contributed by atoms with Crippen molar-refractivity contribution in [2.45, 2.75) is 32.1 Å². The second-order valence-electron chi connectivity index (χ2n) is 4.31. The lowest BCUT2D eigenvalue weighted by Crippen LogP contribution is -2.02. The van der Waals surface area contributed by atoms with E-state index in [1.165, 1.54) is 37.7 Å². The first-order valence-electron chi connectivity index (χ1n) is 5.78. The van der Waals surface area contributed by atoms with Gasteiger partial charge in [-0.2, -0.15) is 0 Å². The first kappa shape index (κ1) is 10.9. The highest BCUT2D eigenvalue weighted by molar-refractivity contribution is 9.10. The minimum Gasteiger partial charge on any atom is -0.0808 e. The fourth-order valence-corrected chi connectivity index (χ4v) is 2.60. The SMILES string of the molecule is Brc1cccc(C=CC2CCCCC2)c1. The van der Waals surface area contributed by atoms with Gasteiger partial charge in [-0.25, -0.2) is 0 Å². The fraction of sp³-hybridized carbons (Fsp3) is 0.429. The van der Waals surface area contributed by atoms with Crippen molar-refractivity contribution in [2.75, 3.05) is 0 Å². The molecule has 1 fully saturated rings. The molecule has 0 atom stereocenters. The number of allylic oxidation sites excluding steroid dienone is 1. The summed E-state index contributed by atoms with van der Waals surface area (Å²) < 4.78 is 1.16. The van der Waals surface area contributed by atoms with Crippen LogP contribution in [0.2, 0.25) is 0 Å². The molecule has 0 radical (unpaired) electrons. The van der Waals surface area contributed by atoms with Gasteiger partial charge in [0.25, 0.3) is 0 Å². The van der Waals surface area contributed by atoms with E-state index < -0.39 is 0 Å². The van der Waals surface area contributed by atoms with Gasteiger partial charge in [0.15, 0.2) is 0 Å². The molecule has 0 saturated heterocycles. The van der Waals surface area contributed by atoms with Gasteiger partial charge in [0.2, 0.25) is 0 Å². The second kappa shape index (κ2) is 5.50. The Bertz CT molecular complexity index is 335. The zero-order valence-electron chi connectivity index (χ0n) is 8.95. The van der Waals surface area contributed by atoms with Crippen LogP contribution < -0.4 is 0 Å². The Balaban J connectivity index is 1.97. The van der Waals surface area contributed by atoms with E-state index in [2.05, 4.69) is 52.3 Å². The third-order valence-corrected chi connectivity index (χ3v) is 3.55. The summed E-state index contributed by atoms with van der Waals surface area (Å²) in [5.41, 5.74) is 1.30. The summed E-state index contributed by atoms with van der Waals surface area (Å²) in [6.45, 7) is 0. The summed E-state index contributed by atoms with van der Waals surface area (Å²) in [4.78, 5) is 0. The number of hydrogen-bond acceptors (Lipinski definition) is 0. The molecule has 0 N–H and O–H groups in total. The molecular weight excluding hydrogens is 248 g/mol. The highest BCUT2D eigenvalue weighted by atomic mass is 79.9. The Labute approximate surface area is 101 Å². The van der Waals surface area contributed by atoms with E-state index in [1.807, 2.05) is 0 Å². The van der Waals surface area contributed by atoms with Crippen LogP contribution in [0.25, 0.3) is 6.08 Å². The van der Waals surface area contributed by atoms with Gasteiger partial charge in [-0.1, -0.05) is 59.5 Å². The number of rotatable bonds is 2. The Morgan fingerprint density at radius 2 is 1.93 bits per heavy atom. The van der Waals surface area contributed by atoms with Crippen LogP contribution in [0.5, 0.6) is 0 Å². The molecule has 0 unspecified atom stereocenters. The van der Waals surface area contributed by atoms with Gasteiger partial charge in [-0.3, -0.25) is 0 Å². The lowest BCUT2D eigenvalue weighted by atomic mass is 9.89. The van der Waals surface area contributed by atoms with Gasteiger partial charge in [0, 0.05) is 4.47 Å². The van der Waals surface area contributed by atoms with E-state index >= 15 is 0 Å². The first-order valence-corrected chi connectivity index (χ1v) is 6.58. The summed E-state index contributed by atoms with van der Waals surface area (Å²) in [6.07, 6.45) is 11.7. The Morgan fingerprint density at radius 1 is 1.13 bits per heavy atom. The van der Waals surface area contributed by atoms with Crippen molar-refractivity contribution in [1.82, 2.24) is 0 Å². The molecule has 0 heterocycles. The van der Waals surface area contributed by atoms with Gasteiger partial charge < -0.3 is 0 Å². The van der Waals surface area contributed by atoms with E-state index in [-0.39, 0.29) is 0 Å². The number of benzene rings is 1. The van der Waals surface area contributed by atoms with E-state index in [0.29, 0.717) is 0 Å². The normalized spacial score (nSPS) is 18.5. The molecule has 80 valence electrons. The average molecular weight is 265 g/mol. The van der Waals surface area contributed by atoms with E-state index in [0.717, 1.165) is 10.4 Å². The molecule has 0 aliphatic heterocycles. The smallest absolute Gasteiger partial charge is 0.0181 e. The number of hydrogen-bond donors (Lipinski definition) is 0. The van der Waals surface area contributed by atoms with Crippen molar-refractivity contribution in [3.63, 3.8) is 0 Å². The van der Waals surface area contributed by atoms with Gasteiger partial charge >= 0.3 is 0 Å². The zero-order chi connectivity index (χ0) is 10.5. The molecule has 1 aromatic rings. The maximum atomic E-state index is 3.49. The number of halogens is 1. The molecule has 1 saturated carbocycles. The van der Waals surface area contributed by atoms with Crippen LogP contribution in [0.15, 0.2) is 34.8 Å². The average Bonchev–Trinajstić information content (AvgIpc) is 2.28. The topological polar surface area (TPSA) is 0 Å². The minimum atomic E-state index is 0.817. The van der Waals surface area contributed by atoms with Crippen LogP contribution in [0.4, 0.5) is 0 Å². The van der Waals surface area contributed by atoms with Crippen LogP contribution >= 0.6 is 15.9 Å². The van der Waals surface area contributed by atoms with E-state index in [9.17, 15) is 0 Å². The molecule has 1 aromatic carbocycles. The molecule has 2 rings (SSSR count). The molecule has 0 nitrogen and oxygen atoms in total. The van der Waals surface area contributed by atoms with Crippen LogP contribution in [-0.2, 0) is 0 Å². The first-order chi connectivity index (χ1) is 7.34. The molecule has 0 spiro atoms. The van der Waals surface area contributed by atoms with Crippen LogP contribution in [-0.4, -0.2) is 0 Å². The lowest BCUT2D eigenvalue weighted by Gasteiger charge is -2.17. The standard InChI is InChI=1S/C14H17Br/c15-14-8-4-7-13(11-14)10-9-12-5-2-1-3-6-12/h4,7-12H,1-3,5-6H2. The molecule has 1 aliphatic carbocycles. The molecule has 1 heteroatoms. The maximum absolute atomic E-state index is 3.49. The fourth-order valence-electron chi connectivity index (χ4n) is 2.18. The van der Waals surface area contributed by atoms with Crippen LogP contribution in [0.1, 0.15) is 37.7 Å². The van der Waals surface area contributed by atoms with Gasteiger partial charge in [-0.05, 0) is 36.5 Å². The molecule has 1 aliphatic rings. The van der Waals surface area contributed by atoms with Crippen molar-refractivity contribution in [2.24, 2.45) is 5.92 Å². The largest absolute Gasteiger partial charge is 0.0808 e. The van der Waals surface area contributed by atoms with Crippen LogP contribution in [0.3, 0.4) is 0 Å². The van der Waals surface area contributed by atoms with Gasteiger partial charge in [-0.15, -0.1) is 0 Å². The Kier molecular flexibility index (Phi) is 4.01. The quantitative estimate of drug-likeness (QED) is 0.702. The van der Waals surface area contributed by atoms with Crippen molar-refractivity contribution < 1.29 is 0 Å². The highest BCUT2D eigenvalue weighted by Crippen LogP contribution is 2.25. The maximum Gasteiger partial charge on any atom is 0.0181 e. The molecule has 0 amide bonds. The third-order valence-electron chi connectivity index (χ3n) is 3.06. The zero-order valence-corrected chi connectivity index (χ0v) is 10.5. The van der Waals surface area contributed by atoms with Crippen LogP contribution in [0, 0.1) is 5.92 Å². The molecular formula is C14H17Br. The van der Waals surface area contributed by atoms with E-state index in [4.69, 9.17) is 0 Å². The van der Waals surface area contributed by atoms with Crippen molar-refractivity contribution in [1.29, 1.82) is 0 Å². The third kappa shape index (κ3) is 3.49. The summed E-state index contributed by atoms with van der Waals surface area (Å²) >= 11 is 3.49.